The van der Waals surface area contributed by atoms with Crippen LogP contribution in [0.25, 0.3) is 0 Å². The highest BCUT2D eigenvalue weighted by atomic mass is 16.1. The smallest absolute Gasteiger partial charge is 0.238 e. The monoisotopic (exact) mass is 241 g/mol. The number of carbonyl (C=O) groups is 1. The van der Waals surface area contributed by atoms with Gasteiger partial charge >= 0.3 is 0 Å². The first kappa shape index (κ1) is 14.5. The second-order valence-electron chi connectivity index (χ2n) is 6.17. The number of primary amides is 1. The average molecular weight is 241 g/mol. The van der Waals surface area contributed by atoms with Gasteiger partial charge < -0.3 is 16.0 Å². The van der Waals surface area contributed by atoms with E-state index >= 15 is 0 Å². The van der Waals surface area contributed by atoms with Crippen molar-refractivity contribution in [3.63, 3.8) is 0 Å². The van der Waals surface area contributed by atoms with Crippen LogP contribution < -0.4 is 11.1 Å². The van der Waals surface area contributed by atoms with Crippen LogP contribution in [0.1, 0.15) is 34.1 Å². The normalized spacial score (nSPS) is 27.2. The first-order valence-electron chi connectivity index (χ1n) is 6.50. The molecule has 0 bridgehead atoms. The SMILES string of the molecule is CC(C)NC(C)(CN(C)CC1CC1C)C(N)=O. The van der Waals surface area contributed by atoms with Crippen molar-refractivity contribution < 1.29 is 4.79 Å². The molecule has 1 fully saturated rings. The predicted octanol–water partition coefficient (Wildman–Crippen LogP) is 0.816. The summed E-state index contributed by atoms with van der Waals surface area (Å²) in [4.78, 5) is 13.8. The third-order valence-corrected chi connectivity index (χ3v) is 3.56. The maximum absolute atomic E-state index is 11.6. The molecule has 0 aromatic heterocycles. The lowest BCUT2D eigenvalue weighted by atomic mass is 9.99. The molecule has 0 aromatic rings. The Bertz CT molecular complexity index is 280. The number of hydrogen-bond donors (Lipinski definition) is 2. The molecule has 1 aliphatic carbocycles. The van der Waals surface area contributed by atoms with Crippen molar-refractivity contribution in [2.24, 2.45) is 17.6 Å². The van der Waals surface area contributed by atoms with Crippen LogP contribution in [0.15, 0.2) is 0 Å². The summed E-state index contributed by atoms with van der Waals surface area (Å²) in [6.07, 6.45) is 1.31. The summed E-state index contributed by atoms with van der Waals surface area (Å²) in [7, 11) is 2.06. The summed E-state index contributed by atoms with van der Waals surface area (Å²) in [6.45, 7) is 9.96. The number of amides is 1. The van der Waals surface area contributed by atoms with Crippen LogP contribution in [0.4, 0.5) is 0 Å². The molecular weight excluding hydrogens is 214 g/mol. The van der Waals surface area contributed by atoms with Crippen molar-refractivity contribution in [3.8, 4) is 0 Å². The molecule has 4 heteroatoms. The van der Waals surface area contributed by atoms with Crippen LogP contribution in [0, 0.1) is 11.8 Å². The minimum atomic E-state index is -0.638. The van der Waals surface area contributed by atoms with Crippen molar-refractivity contribution in [2.45, 2.75) is 45.7 Å². The highest BCUT2D eigenvalue weighted by molar-refractivity contribution is 5.84. The highest BCUT2D eigenvalue weighted by Crippen LogP contribution is 2.38. The van der Waals surface area contributed by atoms with E-state index in [4.69, 9.17) is 5.73 Å². The Morgan fingerprint density at radius 1 is 1.59 bits per heavy atom. The molecule has 0 radical (unpaired) electrons. The van der Waals surface area contributed by atoms with Crippen molar-refractivity contribution in [2.75, 3.05) is 20.1 Å². The van der Waals surface area contributed by atoms with Crippen LogP contribution in [0.2, 0.25) is 0 Å². The van der Waals surface area contributed by atoms with Crippen molar-refractivity contribution in [1.82, 2.24) is 10.2 Å². The Balaban J connectivity index is 2.50. The number of nitrogens with zero attached hydrogens (tertiary/aromatic N) is 1. The summed E-state index contributed by atoms with van der Waals surface area (Å²) < 4.78 is 0. The number of rotatable bonds is 7. The van der Waals surface area contributed by atoms with Gasteiger partial charge in [-0.25, -0.2) is 0 Å². The van der Waals surface area contributed by atoms with E-state index in [1.807, 2.05) is 20.8 Å². The van der Waals surface area contributed by atoms with Gasteiger partial charge in [-0.2, -0.15) is 0 Å². The summed E-state index contributed by atoms with van der Waals surface area (Å²) in [5.74, 6) is 1.37. The van der Waals surface area contributed by atoms with Gasteiger partial charge in [0.2, 0.25) is 5.91 Å². The zero-order valence-electron chi connectivity index (χ0n) is 11.8. The molecule has 1 aliphatic rings. The van der Waals surface area contributed by atoms with E-state index in [1.54, 1.807) is 0 Å². The quantitative estimate of drug-likeness (QED) is 0.693. The van der Waals surface area contributed by atoms with Gasteiger partial charge in [0.1, 0.15) is 5.54 Å². The molecular formula is C13H27N3O. The van der Waals surface area contributed by atoms with Gasteiger partial charge in [-0.05, 0) is 46.1 Å². The fraction of sp³-hybridized carbons (Fsp3) is 0.923. The summed E-state index contributed by atoms with van der Waals surface area (Å²) in [6, 6.07) is 0.251. The molecule has 3 N–H and O–H groups in total. The van der Waals surface area contributed by atoms with E-state index < -0.39 is 5.54 Å². The Labute approximate surface area is 105 Å². The Morgan fingerprint density at radius 2 is 2.12 bits per heavy atom. The van der Waals surface area contributed by atoms with Crippen LogP contribution in [0.3, 0.4) is 0 Å². The Morgan fingerprint density at radius 3 is 2.47 bits per heavy atom. The second-order valence-corrected chi connectivity index (χ2v) is 6.17. The van der Waals surface area contributed by atoms with Gasteiger partial charge in [-0.1, -0.05) is 6.92 Å². The molecule has 1 saturated carbocycles. The van der Waals surface area contributed by atoms with E-state index in [9.17, 15) is 4.79 Å². The number of nitrogens with one attached hydrogen (secondary N) is 1. The molecule has 3 unspecified atom stereocenters. The molecule has 0 heterocycles. The largest absolute Gasteiger partial charge is 0.368 e. The maximum Gasteiger partial charge on any atom is 0.238 e. The molecule has 0 saturated heterocycles. The van der Waals surface area contributed by atoms with E-state index in [1.165, 1.54) is 6.42 Å². The third kappa shape index (κ3) is 4.28. The summed E-state index contributed by atoms with van der Waals surface area (Å²) in [5.41, 5.74) is 4.88. The first-order valence-corrected chi connectivity index (χ1v) is 6.50. The van der Waals surface area contributed by atoms with E-state index in [-0.39, 0.29) is 11.9 Å². The van der Waals surface area contributed by atoms with Crippen LogP contribution in [0.5, 0.6) is 0 Å². The van der Waals surface area contributed by atoms with Gasteiger partial charge in [0.25, 0.3) is 0 Å². The van der Waals surface area contributed by atoms with E-state index in [2.05, 4.69) is 24.2 Å². The molecule has 4 nitrogen and oxygen atoms in total. The Kier molecular flexibility index (Phi) is 4.55. The minimum absolute atomic E-state index is 0.251. The summed E-state index contributed by atoms with van der Waals surface area (Å²) >= 11 is 0. The topological polar surface area (TPSA) is 58.4 Å². The van der Waals surface area contributed by atoms with Crippen molar-refractivity contribution in [3.05, 3.63) is 0 Å². The molecule has 3 atom stereocenters. The molecule has 17 heavy (non-hydrogen) atoms. The van der Waals surface area contributed by atoms with Gasteiger partial charge in [-0.15, -0.1) is 0 Å². The van der Waals surface area contributed by atoms with Crippen LogP contribution in [-0.2, 0) is 4.79 Å². The number of likely N-dealkylation sites (N-methyl/N-ethyl adjacent to an activating group) is 1. The summed E-state index contributed by atoms with van der Waals surface area (Å²) in [5, 5.41) is 3.28. The Hall–Kier alpha value is -0.610. The number of carbonyl (C=O) groups excluding carboxylic acids is 1. The average Bonchev–Trinajstić information content (AvgIpc) is 2.78. The lowest BCUT2D eigenvalue weighted by Gasteiger charge is -2.33. The van der Waals surface area contributed by atoms with Crippen LogP contribution >= 0.6 is 0 Å². The molecule has 1 amide bonds. The maximum atomic E-state index is 11.6. The lowest BCUT2D eigenvalue weighted by molar-refractivity contribution is -0.124. The fourth-order valence-corrected chi connectivity index (χ4v) is 2.49. The van der Waals surface area contributed by atoms with Gasteiger partial charge in [0.15, 0.2) is 0 Å². The van der Waals surface area contributed by atoms with E-state index in [0.717, 1.165) is 18.4 Å². The van der Waals surface area contributed by atoms with Gasteiger partial charge in [-0.3, -0.25) is 4.79 Å². The minimum Gasteiger partial charge on any atom is -0.368 e. The first-order chi connectivity index (χ1) is 7.74. The zero-order chi connectivity index (χ0) is 13.2. The van der Waals surface area contributed by atoms with Crippen molar-refractivity contribution >= 4 is 5.91 Å². The second kappa shape index (κ2) is 5.36. The third-order valence-electron chi connectivity index (χ3n) is 3.56. The zero-order valence-corrected chi connectivity index (χ0v) is 11.8. The van der Waals surface area contributed by atoms with Gasteiger partial charge in [0, 0.05) is 19.1 Å². The molecule has 1 rings (SSSR count). The van der Waals surface area contributed by atoms with Crippen LogP contribution in [-0.4, -0.2) is 42.5 Å². The number of hydrogen-bond acceptors (Lipinski definition) is 3. The van der Waals surface area contributed by atoms with E-state index in [0.29, 0.717) is 6.54 Å². The van der Waals surface area contributed by atoms with Gasteiger partial charge in [0.05, 0.1) is 0 Å². The predicted molar refractivity (Wildman–Crippen MR) is 70.6 cm³/mol. The lowest BCUT2D eigenvalue weighted by Crippen LogP contribution is -2.61. The highest BCUT2D eigenvalue weighted by Gasteiger charge is 2.37. The van der Waals surface area contributed by atoms with Crippen molar-refractivity contribution in [1.29, 1.82) is 0 Å². The molecule has 0 aromatic carbocycles. The molecule has 0 spiro atoms. The fourth-order valence-electron chi connectivity index (χ4n) is 2.49. The number of nitrogens with two attached hydrogens (primary N) is 1. The molecule has 0 aliphatic heterocycles. The molecule has 100 valence electrons. The standard InChI is InChI=1S/C13H27N3O/c1-9(2)15-13(4,12(14)17)8-16(5)7-11-6-10(11)3/h9-11,15H,6-8H2,1-5H3,(H2,14,17).